The third-order valence-electron chi connectivity index (χ3n) is 13.9. The van der Waals surface area contributed by atoms with Crippen LogP contribution in [0, 0.1) is 0 Å². The van der Waals surface area contributed by atoms with Crippen LogP contribution in [0.2, 0.25) is 0 Å². The van der Waals surface area contributed by atoms with Crippen molar-refractivity contribution < 1.29 is 4.42 Å². The Hall–Kier alpha value is -9.61. The second kappa shape index (κ2) is 18.6. The van der Waals surface area contributed by atoms with Gasteiger partial charge in [-0.25, -0.2) is 0 Å². The highest BCUT2D eigenvalue weighted by atomic mass is 16.3. The Kier molecular flexibility index (Phi) is 11.4. The van der Waals surface area contributed by atoms with Crippen molar-refractivity contribution in [2.75, 3.05) is 10.2 Å². The third-order valence-corrected chi connectivity index (χ3v) is 13.9. The maximum absolute atomic E-state index is 6.91. The monoisotopic (exact) mass is 941 g/mol. The first-order chi connectivity index (χ1) is 36.0. The molecule has 11 aromatic rings. The maximum Gasteiger partial charge on any atom is 0.145 e. The van der Waals surface area contributed by atoms with Gasteiger partial charge in [-0.05, 0) is 153 Å². The van der Waals surface area contributed by atoms with E-state index in [9.17, 15) is 0 Å². The van der Waals surface area contributed by atoms with Gasteiger partial charge in [0.2, 0.25) is 0 Å². The molecule has 0 spiro atoms. The van der Waals surface area contributed by atoms with Gasteiger partial charge < -0.3 is 23.8 Å². The van der Waals surface area contributed by atoms with E-state index in [0.717, 1.165) is 89.5 Å². The van der Waals surface area contributed by atoms with E-state index in [0.29, 0.717) is 0 Å². The zero-order valence-corrected chi connectivity index (χ0v) is 41.0. The van der Waals surface area contributed by atoms with Gasteiger partial charge in [0.15, 0.2) is 0 Å². The summed E-state index contributed by atoms with van der Waals surface area (Å²) in [6.45, 7) is 14.4. The van der Waals surface area contributed by atoms with Crippen molar-refractivity contribution in [2.24, 2.45) is 4.99 Å². The topological polar surface area (TPSA) is 50.6 Å². The quantitative estimate of drug-likeness (QED) is 0.0844. The first-order valence-corrected chi connectivity index (χ1v) is 24.7. The van der Waals surface area contributed by atoms with Crippen molar-refractivity contribution >= 4 is 100 Å². The third kappa shape index (κ3) is 7.66. The van der Waals surface area contributed by atoms with Crippen molar-refractivity contribution in [1.29, 1.82) is 0 Å². The highest BCUT2D eigenvalue weighted by Gasteiger charge is 2.23. The molecule has 1 N–H and O–H groups in total. The Morgan fingerprint density at radius 3 is 1.97 bits per heavy atom. The minimum absolute atomic E-state index is 0.786. The molecule has 350 valence electrons. The highest BCUT2D eigenvalue weighted by molar-refractivity contribution is 6.15. The molecular weight excluding hydrogens is 891 g/mol. The molecule has 12 rings (SSSR count). The van der Waals surface area contributed by atoms with E-state index in [-0.39, 0.29) is 0 Å². The van der Waals surface area contributed by atoms with Crippen LogP contribution in [0.25, 0.3) is 99.3 Å². The van der Waals surface area contributed by atoms with Gasteiger partial charge in [0.25, 0.3) is 0 Å². The second-order valence-electron chi connectivity index (χ2n) is 18.1. The van der Waals surface area contributed by atoms with Crippen LogP contribution in [-0.4, -0.2) is 15.3 Å². The van der Waals surface area contributed by atoms with Crippen LogP contribution in [0.5, 0.6) is 0 Å². The minimum atomic E-state index is 0.786. The number of nitrogens with zero attached hydrogens (tertiary/aromatic N) is 4. The molecule has 1 aliphatic rings. The van der Waals surface area contributed by atoms with Gasteiger partial charge in [0, 0.05) is 90.4 Å². The van der Waals surface area contributed by atoms with Crippen molar-refractivity contribution in [2.45, 2.75) is 20.8 Å². The molecule has 3 aromatic heterocycles. The fourth-order valence-corrected chi connectivity index (χ4v) is 10.6. The van der Waals surface area contributed by atoms with Crippen molar-refractivity contribution in [3.05, 3.63) is 254 Å². The molecule has 1 aliphatic heterocycles. The number of para-hydroxylation sites is 3. The lowest BCUT2D eigenvalue weighted by Crippen LogP contribution is -2.12. The standard InChI is InChI=1S/C67H51N5O/c1-6-10-22-47(20-7-2)69-59-34-31-49(42-57(59)58(8-3)68-9-4)70-39-19-18-21-44(5)66-64(70)37-33-53-56-43-50(32-38-65(56)73-67(53)66)72-61-28-17-15-26-52(61)55-41-46(30-36-63(55)72)45-29-35-62-54(40-45)51-25-14-16-27-60(51)71(62)48-23-12-11-13-24-48/h6-9,11-43,69H,2,5H2,1,3-4H3/b21-18-,39-19-,47-20+,58-8-,68-9?. The lowest BCUT2D eigenvalue weighted by Gasteiger charge is -2.26. The average molecular weight is 942 g/mol. The summed E-state index contributed by atoms with van der Waals surface area (Å²) >= 11 is 0. The molecular formula is C67H51N5O. The lowest BCUT2D eigenvalue weighted by atomic mass is 9.98. The zero-order valence-electron chi connectivity index (χ0n) is 41.0. The van der Waals surface area contributed by atoms with E-state index in [1.807, 2.05) is 63.4 Å². The molecule has 0 unspecified atom stereocenters. The molecule has 73 heavy (non-hydrogen) atoms. The number of allylic oxidation sites excluding steroid dienone is 8. The Labute approximate surface area is 424 Å². The van der Waals surface area contributed by atoms with E-state index < -0.39 is 0 Å². The first-order valence-electron chi connectivity index (χ1n) is 24.7. The van der Waals surface area contributed by atoms with Gasteiger partial charge in [0.1, 0.15) is 11.2 Å². The van der Waals surface area contributed by atoms with E-state index in [1.54, 1.807) is 6.08 Å². The molecule has 0 bridgehead atoms. The Morgan fingerprint density at radius 2 is 1.29 bits per heavy atom. The molecule has 6 nitrogen and oxygen atoms in total. The fraction of sp³-hybridized carbons (Fsp3) is 0.0448. The number of nitrogens with one attached hydrogen (secondary N) is 1. The highest BCUT2D eigenvalue weighted by Crippen LogP contribution is 2.45. The Bertz CT molecular complexity index is 4290. The Balaban J connectivity index is 0.960. The zero-order chi connectivity index (χ0) is 49.6. The summed E-state index contributed by atoms with van der Waals surface area (Å²) in [5, 5.41) is 10.5. The summed E-state index contributed by atoms with van der Waals surface area (Å²) < 4.78 is 11.7. The summed E-state index contributed by atoms with van der Waals surface area (Å²) in [5.74, 6) is 0. The van der Waals surface area contributed by atoms with E-state index in [2.05, 4.69) is 214 Å². The van der Waals surface area contributed by atoms with Gasteiger partial charge in [-0.2, -0.15) is 0 Å². The molecule has 4 heterocycles. The number of benzene rings is 8. The summed E-state index contributed by atoms with van der Waals surface area (Å²) in [6.07, 6.45) is 19.5. The SMILES string of the molecule is C=C/C=C(\C=C=CC)Nc1ccc(N2/C=C\C=C/C(=C)c3c2ccc2c3oc3ccc(-n4c5ccccc5c5cc(-c6ccc7c(c6)c6ccccc6n7-c6ccccc6)ccc54)cc32)cc1/C(=C/C)N=CC. The molecule has 0 atom stereocenters. The number of aliphatic imine (C=N–C) groups is 1. The molecule has 0 radical (unpaired) electrons. The molecule has 0 aliphatic carbocycles. The van der Waals surface area contributed by atoms with Gasteiger partial charge in [0.05, 0.1) is 33.5 Å². The van der Waals surface area contributed by atoms with Crippen LogP contribution < -0.4 is 10.2 Å². The molecule has 8 aromatic carbocycles. The number of hydrogen-bond acceptors (Lipinski definition) is 4. The number of rotatable bonds is 10. The normalized spacial score (nSPS) is 14.0. The van der Waals surface area contributed by atoms with E-state index >= 15 is 0 Å². The van der Waals surface area contributed by atoms with Crippen molar-refractivity contribution in [1.82, 2.24) is 9.13 Å². The Morgan fingerprint density at radius 1 is 0.616 bits per heavy atom. The second-order valence-corrected chi connectivity index (χ2v) is 18.1. The minimum Gasteiger partial charge on any atom is -0.455 e. The van der Waals surface area contributed by atoms with Gasteiger partial charge in [-0.1, -0.05) is 104 Å². The lowest BCUT2D eigenvalue weighted by molar-refractivity contribution is 0.667. The summed E-state index contributed by atoms with van der Waals surface area (Å²) in [4.78, 5) is 6.98. The van der Waals surface area contributed by atoms with Crippen LogP contribution in [0.4, 0.5) is 17.1 Å². The molecule has 6 heteroatoms. The van der Waals surface area contributed by atoms with Crippen LogP contribution in [-0.2, 0) is 0 Å². The van der Waals surface area contributed by atoms with Gasteiger partial charge in [-0.15, -0.1) is 5.73 Å². The van der Waals surface area contributed by atoms with E-state index in [4.69, 9.17) is 9.41 Å². The number of hydrogen-bond donors (Lipinski definition) is 1. The fourth-order valence-electron chi connectivity index (χ4n) is 10.6. The van der Waals surface area contributed by atoms with Crippen LogP contribution in [0.3, 0.4) is 0 Å². The molecule has 0 amide bonds. The first kappa shape index (κ1) is 44.6. The number of fused-ring (bicyclic) bond motifs is 11. The number of aromatic nitrogens is 2. The average Bonchev–Trinajstić information content (AvgIpc) is 4.08. The largest absolute Gasteiger partial charge is 0.455 e. The van der Waals surface area contributed by atoms with E-state index in [1.165, 1.54) is 43.7 Å². The molecule has 0 saturated heterocycles. The summed E-state index contributed by atoms with van der Waals surface area (Å²) in [6, 6.07) is 59.2. The molecule has 0 saturated carbocycles. The predicted octanol–water partition coefficient (Wildman–Crippen LogP) is 18.3. The predicted molar refractivity (Wildman–Crippen MR) is 312 cm³/mol. The van der Waals surface area contributed by atoms with Crippen LogP contribution in [0.15, 0.2) is 253 Å². The number of anilines is 3. The van der Waals surface area contributed by atoms with Crippen molar-refractivity contribution in [3.8, 4) is 22.5 Å². The summed E-state index contributed by atoms with van der Waals surface area (Å²) in [5.41, 5.74) is 21.2. The number of furan rings is 1. The summed E-state index contributed by atoms with van der Waals surface area (Å²) in [7, 11) is 0. The smallest absolute Gasteiger partial charge is 0.145 e. The van der Waals surface area contributed by atoms with Gasteiger partial charge in [-0.3, -0.25) is 4.99 Å². The van der Waals surface area contributed by atoms with Gasteiger partial charge >= 0.3 is 0 Å². The maximum atomic E-state index is 6.91. The van der Waals surface area contributed by atoms with Crippen molar-refractivity contribution in [3.63, 3.8) is 0 Å². The van der Waals surface area contributed by atoms with Crippen LogP contribution in [0.1, 0.15) is 31.9 Å². The molecule has 0 fully saturated rings. The van der Waals surface area contributed by atoms with Crippen LogP contribution >= 0.6 is 0 Å².